The van der Waals surface area contributed by atoms with Crippen LogP contribution in [0.3, 0.4) is 0 Å². The molecule has 7 N–H and O–H groups in total. The van der Waals surface area contributed by atoms with Crippen LogP contribution in [0, 0.1) is 27.7 Å². The zero-order valence-electron chi connectivity index (χ0n) is 39.7. The van der Waals surface area contributed by atoms with E-state index in [0.717, 1.165) is 55.6 Å². The van der Waals surface area contributed by atoms with Crippen molar-refractivity contribution in [2.24, 2.45) is 0 Å². The molecule has 1 amide bonds. The van der Waals surface area contributed by atoms with Gasteiger partial charge in [0.15, 0.2) is 8.68 Å². The van der Waals surface area contributed by atoms with Gasteiger partial charge in [-0.05, 0) is 162 Å². The van der Waals surface area contributed by atoms with Crippen molar-refractivity contribution in [3.63, 3.8) is 0 Å². The second-order valence-electron chi connectivity index (χ2n) is 15.3. The van der Waals surface area contributed by atoms with E-state index in [9.17, 15) is 35.4 Å². The molecule has 8 aromatic rings. The predicted octanol–water partition coefficient (Wildman–Crippen LogP) is 9.60. The van der Waals surface area contributed by atoms with Gasteiger partial charge in [-0.2, -0.15) is 4.68 Å². The Morgan fingerprint density at radius 3 is 1.89 bits per heavy atom. The monoisotopic (exact) mass is 1090 g/mol. The Morgan fingerprint density at radius 2 is 1.24 bits per heavy atom. The molecule has 0 aliphatic heterocycles. The molecule has 19 nitrogen and oxygen atoms in total. The molecule has 0 bridgehead atoms. The Balaban J connectivity index is 0.000000200. The lowest BCUT2D eigenvalue weighted by Gasteiger charge is -2.11. The third-order valence-corrected chi connectivity index (χ3v) is 15.8. The van der Waals surface area contributed by atoms with E-state index in [4.69, 9.17) is 4.74 Å². The molecule has 0 radical (unpaired) electrons. The van der Waals surface area contributed by atoms with Crippen LogP contribution in [0.25, 0.3) is 5.69 Å². The van der Waals surface area contributed by atoms with E-state index >= 15 is 0 Å². The highest BCUT2D eigenvalue weighted by atomic mass is 32.2. The summed E-state index contributed by atoms with van der Waals surface area (Å²) in [7, 11) is 0. The number of aryl methyl sites for hydroxylation is 5. The number of carbonyl (C=O) groups is 1. The number of para-hydroxylation sites is 1. The van der Waals surface area contributed by atoms with Crippen molar-refractivity contribution in [1.82, 2.24) is 55.9 Å². The molecule has 0 aliphatic carbocycles. The van der Waals surface area contributed by atoms with Crippen LogP contribution in [0.15, 0.2) is 124 Å². The van der Waals surface area contributed by atoms with Crippen LogP contribution in [0.1, 0.15) is 42.0 Å². The first-order valence-electron chi connectivity index (χ1n) is 21.8. The third kappa shape index (κ3) is 15.8. The van der Waals surface area contributed by atoms with E-state index in [-0.39, 0.29) is 46.2 Å². The predicted molar refractivity (Wildman–Crippen MR) is 280 cm³/mol. The maximum absolute atomic E-state index is 12.2. The molecule has 0 fully saturated rings. The standard InChI is InChI=1S/C26H27N5O4S2.C11H14N4O2S.C10H10N2O2S3/c1-17-9-10-22(18(2)13-17)35-12-6-11-27-25(34)16-36-23-14-21(33)24(15-20(23)32)37-26-28-29-30-31(26)19-7-4-3-5-8-19;1-3-4-15-11(12-13-14-15)18-10-6-8(16)7(2)5-9(10)17;1-5-3-7(14)8(4-6(5)13)16-10-12-11-9(15-2)17-10/h3-5,7-10,13-15,32-33H,6,11-12,16H2,1-2H3,(H,27,34);5-6,16-17H,3-4H2,1-2H3;3-4,13-14H,1-2H3. The molecule has 378 valence electrons. The smallest absolute Gasteiger partial charge is 0.230 e. The van der Waals surface area contributed by atoms with E-state index in [2.05, 4.69) is 52.6 Å². The van der Waals surface area contributed by atoms with E-state index in [0.29, 0.717) is 67.1 Å². The first-order valence-corrected chi connectivity index (χ1v) is 27.3. The fourth-order valence-corrected chi connectivity index (χ4v) is 11.0. The largest absolute Gasteiger partial charge is 0.508 e. The number of benzene rings is 5. The summed E-state index contributed by atoms with van der Waals surface area (Å²) >= 11 is 7.77. The SMILES string of the molecule is CCCn1nnnc1Sc1cc(O)c(C)cc1O.CSc1nnc(Sc2cc(O)c(C)cc2O)s1.Cc1ccc(OCCCNC(=O)CSc2cc(O)c(Sc3nnnn3-c3ccccc3)cc2O)c(C)c1. The molecular weight excluding hydrogens is 1040 g/mol. The fraction of sp³-hybridized carbons (Fsp3) is 0.255. The van der Waals surface area contributed by atoms with Crippen molar-refractivity contribution in [3.8, 4) is 45.9 Å². The summed E-state index contributed by atoms with van der Waals surface area (Å²) in [6, 6.07) is 24.4. The van der Waals surface area contributed by atoms with Crippen LogP contribution in [0.5, 0.6) is 40.2 Å². The molecule has 0 saturated heterocycles. The van der Waals surface area contributed by atoms with Crippen LogP contribution >= 0.6 is 70.1 Å². The number of hydrogen-bond acceptors (Lipinski definition) is 22. The number of hydrogen-bond donors (Lipinski definition) is 7. The van der Waals surface area contributed by atoms with Gasteiger partial charge < -0.3 is 40.7 Å². The highest BCUT2D eigenvalue weighted by Gasteiger charge is 2.18. The number of aromatic nitrogens is 10. The number of aromatic hydroxyl groups is 6. The van der Waals surface area contributed by atoms with Gasteiger partial charge in [0, 0.05) is 13.1 Å². The van der Waals surface area contributed by atoms with Crippen molar-refractivity contribution in [3.05, 3.63) is 107 Å². The molecule has 3 heterocycles. The van der Waals surface area contributed by atoms with E-state index < -0.39 is 0 Å². The summed E-state index contributed by atoms with van der Waals surface area (Å²) in [5, 5.41) is 94.8. The zero-order chi connectivity index (χ0) is 51.7. The number of phenols is 6. The number of thioether (sulfide) groups is 2. The van der Waals surface area contributed by atoms with E-state index in [1.807, 2.05) is 69.5 Å². The molecule has 0 saturated carbocycles. The summed E-state index contributed by atoms with van der Waals surface area (Å²) in [6.07, 6.45) is 3.53. The van der Waals surface area contributed by atoms with Crippen LogP contribution in [0.2, 0.25) is 0 Å². The van der Waals surface area contributed by atoms with Gasteiger partial charge in [-0.25, -0.2) is 4.68 Å². The van der Waals surface area contributed by atoms with Gasteiger partial charge in [0.2, 0.25) is 16.2 Å². The quantitative estimate of drug-likeness (QED) is 0.0239. The molecule has 5 aromatic carbocycles. The number of nitrogens with zero attached hydrogens (tertiary/aromatic N) is 10. The first kappa shape index (κ1) is 54.9. The molecule has 0 atom stereocenters. The molecule has 0 spiro atoms. The molecule has 25 heteroatoms. The fourth-order valence-electron chi connectivity index (χ4n) is 6.07. The average Bonchev–Trinajstić information content (AvgIpc) is 4.14. The highest BCUT2D eigenvalue weighted by Crippen LogP contribution is 2.42. The summed E-state index contributed by atoms with van der Waals surface area (Å²) in [6.45, 7) is 11.2. The van der Waals surface area contributed by atoms with Crippen LogP contribution < -0.4 is 10.1 Å². The summed E-state index contributed by atoms with van der Waals surface area (Å²) < 4.78 is 10.6. The van der Waals surface area contributed by atoms with Crippen LogP contribution in [-0.4, -0.2) is 112 Å². The Bertz CT molecular complexity index is 3070. The van der Waals surface area contributed by atoms with E-state index in [1.54, 1.807) is 23.2 Å². The summed E-state index contributed by atoms with van der Waals surface area (Å²) in [5.41, 5.74) is 4.32. The van der Waals surface area contributed by atoms with Crippen molar-refractivity contribution >= 4 is 76.1 Å². The molecule has 0 aliphatic rings. The van der Waals surface area contributed by atoms with Gasteiger partial charge in [0.1, 0.15) is 40.2 Å². The topological polar surface area (TPSA) is 273 Å². The number of ether oxygens (including phenoxy) is 1. The first-order chi connectivity index (χ1) is 34.6. The normalized spacial score (nSPS) is 10.8. The number of tetrazole rings is 2. The second kappa shape index (κ2) is 26.9. The summed E-state index contributed by atoms with van der Waals surface area (Å²) in [4.78, 5) is 14.1. The Morgan fingerprint density at radius 1 is 0.653 bits per heavy atom. The lowest BCUT2D eigenvalue weighted by Crippen LogP contribution is -2.27. The second-order valence-corrected chi connectivity index (χ2v) is 21.7. The Kier molecular flexibility index (Phi) is 20.5. The number of nitrogens with one attached hydrogen (secondary N) is 1. The zero-order valence-corrected chi connectivity index (χ0v) is 44.6. The third-order valence-electron chi connectivity index (χ3n) is 9.72. The minimum absolute atomic E-state index is 0.0429. The molecule has 72 heavy (non-hydrogen) atoms. The van der Waals surface area contributed by atoms with Gasteiger partial charge >= 0.3 is 0 Å². The van der Waals surface area contributed by atoms with Gasteiger partial charge in [-0.1, -0.05) is 77.7 Å². The molecule has 8 rings (SSSR count). The summed E-state index contributed by atoms with van der Waals surface area (Å²) in [5.74, 6) is 1.26. The van der Waals surface area contributed by atoms with Gasteiger partial charge in [0.25, 0.3) is 0 Å². The van der Waals surface area contributed by atoms with Crippen LogP contribution in [-0.2, 0) is 11.3 Å². The van der Waals surface area contributed by atoms with Crippen molar-refractivity contribution in [2.75, 3.05) is 25.2 Å². The Labute approximate surface area is 440 Å². The van der Waals surface area contributed by atoms with Crippen LogP contribution in [0.4, 0.5) is 0 Å². The highest BCUT2D eigenvalue weighted by molar-refractivity contribution is 8.03. The van der Waals surface area contributed by atoms with E-state index in [1.165, 1.54) is 88.6 Å². The maximum Gasteiger partial charge on any atom is 0.230 e. The van der Waals surface area contributed by atoms with Gasteiger partial charge in [-0.15, -0.1) is 32.2 Å². The maximum atomic E-state index is 12.2. The average molecular weight is 1090 g/mol. The van der Waals surface area contributed by atoms with Gasteiger partial charge in [0.05, 0.1) is 37.6 Å². The number of amides is 1. The number of phenolic OH excluding ortho intramolecular Hbond substituents is 6. The number of rotatable bonds is 18. The minimum atomic E-state index is -0.170. The van der Waals surface area contributed by atoms with Crippen molar-refractivity contribution in [1.29, 1.82) is 0 Å². The number of carbonyl (C=O) groups excluding carboxylic acids is 1. The van der Waals surface area contributed by atoms with Gasteiger partial charge in [-0.3, -0.25) is 4.79 Å². The lowest BCUT2D eigenvalue weighted by atomic mass is 10.1. The minimum Gasteiger partial charge on any atom is -0.508 e. The molecule has 3 aromatic heterocycles. The molecular formula is C47H51N11O8S6. The van der Waals surface area contributed by atoms with Crippen molar-refractivity contribution in [2.45, 2.75) is 92.6 Å². The molecule has 0 unspecified atom stereocenters. The Hall–Kier alpha value is -6.38. The van der Waals surface area contributed by atoms with Crippen molar-refractivity contribution < 1.29 is 40.2 Å². The lowest BCUT2D eigenvalue weighted by molar-refractivity contribution is -0.118.